The van der Waals surface area contributed by atoms with Crippen LogP contribution in [-0.2, 0) is 19.1 Å². The maximum Gasteiger partial charge on any atom is 0.351 e. The number of aromatic nitrogens is 1. The fraction of sp³-hybridized carbons (Fsp3) is 0.654. The molecule has 1 heterocycles. The molecule has 4 aliphatic rings. The Balaban J connectivity index is 1.61. The van der Waals surface area contributed by atoms with Crippen molar-refractivity contribution in [2.24, 2.45) is 28.6 Å². The second kappa shape index (κ2) is 8.76. The van der Waals surface area contributed by atoms with Crippen molar-refractivity contribution in [3.63, 3.8) is 0 Å². The molecule has 11 heteroatoms. The lowest BCUT2D eigenvalue weighted by atomic mass is 9.44. The van der Waals surface area contributed by atoms with Crippen molar-refractivity contribution in [1.29, 1.82) is 0 Å². The van der Waals surface area contributed by atoms with Gasteiger partial charge in [-0.1, -0.05) is 13.8 Å². The van der Waals surface area contributed by atoms with Crippen molar-refractivity contribution >= 4 is 45.7 Å². The van der Waals surface area contributed by atoms with Crippen LogP contribution >= 0.6 is 23.1 Å². The van der Waals surface area contributed by atoms with E-state index < -0.39 is 81.1 Å². The van der Waals surface area contributed by atoms with Crippen molar-refractivity contribution in [1.82, 2.24) is 4.98 Å². The maximum atomic E-state index is 17.3. The highest BCUT2D eigenvalue weighted by atomic mass is 32.2. The van der Waals surface area contributed by atoms with Gasteiger partial charge in [0.2, 0.25) is 5.12 Å². The molecule has 200 valence electrons. The Morgan fingerprint density at radius 3 is 2.59 bits per heavy atom. The summed E-state index contributed by atoms with van der Waals surface area (Å²) in [7, 11) is 0. The number of rotatable bonds is 4. The van der Waals surface area contributed by atoms with Gasteiger partial charge in [0.25, 0.3) is 0 Å². The zero-order valence-corrected chi connectivity index (χ0v) is 22.4. The number of ketones is 2. The van der Waals surface area contributed by atoms with Crippen LogP contribution in [0.1, 0.15) is 62.5 Å². The largest absolute Gasteiger partial charge is 0.445 e. The highest BCUT2D eigenvalue weighted by molar-refractivity contribution is 8.13. The number of ether oxygens (including phenoxy) is 1. The number of nitrogens with zero attached hydrogens (tertiary/aromatic N) is 1. The van der Waals surface area contributed by atoms with Crippen LogP contribution in [0, 0.1) is 28.6 Å². The van der Waals surface area contributed by atoms with E-state index in [0.717, 1.165) is 17.4 Å². The van der Waals surface area contributed by atoms with E-state index >= 15 is 8.78 Å². The smallest absolute Gasteiger partial charge is 0.351 e. The quantitative estimate of drug-likeness (QED) is 0.372. The fourth-order valence-corrected chi connectivity index (χ4v) is 9.28. The highest BCUT2D eigenvalue weighted by Crippen LogP contribution is 2.72. The molecule has 6 nitrogen and oxygen atoms in total. The van der Waals surface area contributed by atoms with Gasteiger partial charge in [0.15, 0.2) is 17.2 Å². The Labute approximate surface area is 220 Å². The molecule has 4 unspecified atom stereocenters. The average molecular weight is 556 g/mol. The van der Waals surface area contributed by atoms with Crippen LogP contribution in [0.2, 0.25) is 0 Å². The Kier molecular flexibility index (Phi) is 6.29. The van der Waals surface area contributed by atoms with Crippen LogP contribution < -0.4 is 0 Å². The number of hydrogen-bond donors (Lipinski definition) is 0. The van der Waals surface area contributed by atoms with Gasteiger partial charge in [-0.3, -0.25) is 19.4 Å². The first kappa shape index (κ1) is 26.6. The summed E-state index contributed by atoms with van der Waals surface area (Å²) in [6.45, 7) is 4.85. The molecule has 8 atom stereocenters. The van der Waals surface area contributed by atoms with Crippen LogP contribution in [0.15, 0.2) is 23.4 Å². The third-order valence-electron chi connectivity index (χ3n) is 9.84. The lowest BCUT2D eigenvalue weighted by Crippen LogP contribution is -2.68. The minimum Gasteiger partial charge on any atom is -0.445 e. The van der Waals surface area contributed by atoms with E-state index in [1.165, 1.54) is 18.6 Å². The normalized spacial score (nSPS) is 42.9. The second-order valence-electron chi connectivity index (χ2n) is 11.2. The summed E-state index contributed by atoms with van der Waals surface area (Å²) in [5.41, 5.74) is -5.49. The monoisotopic (exact) mass is 555 g/mol. The molecule has 37 heavy (non-hydrogen) atoms. The molecule has 3 fully saturated rings. The summed E-state index contributed by atoms with van der Waals surface area (Å²) in [5, 5.41) is -0.657. The lowest BCUT2D eigenvalue weighted by Gasteiger charge is -2.61. The van der Waals surface area contributed by atoms with Crippen molar-refractivity contribution in [2.45, 2.75) is 70.3 Å². The van der Waals surface area contributed by atoms with Crippen LogP contribution in [0.5, 0.6) is 0 Å². The van der Waals surface area contributed by atoms with Gasteiger partial charge < -0.3 is 4.74 Å². The topological polar surface area (TPSA) is 90.4 Å². The molecular formula is C26H28F3NO5S2. The molecule has 0 radical (unpaired) electrons. The summed E-state index contributed by atoms with van der Waals surface area (Å²) in [5.74, 6) is -4.13. The molecule has 1 aromatic rings. The Morgan fingerprint density at radius 1 is 1.22 bits per heavy atom. The summed E-state index contributed by atoms with van der Waals surface area (Å²) >= 11 is 1.45. The van der Waals surface area contributed by atoms with Crippen molar-refractivity contribution in [2.75, 3.05) is 6.01 Å². The predicted octanol–water partition coefficient (Wildman–Crippen LogP) is 5.22. The molecule has 1 aromatic heterocycles. The fourth-order valence-electron chi connectivity index (χ4n) is 8.00. The Bertz CT molecular complexity index is 1210. The number of thiazole rings is 1. The standard InChI is InChI=1S/C26H28F3NO5S2/c1-13-6-15-16-9-18(28)17-7-14(31)8-20(32)24(17,3)25(16,29)5-4-23(15,2)26(13,22(34)36-11-27)35-21(33)19-10-30-12-37-19/h7,10,12-13,15-16,18H,4-6,8-9,11H2,1-3H3/t13?,15-,16-,18?,23-,24+,25?,26?/m0/s1. The molecule has 0 amide bonds. The number of esters is 1. The van der Waals surface area contributed by atoms with E-state index in [2.05, 4.69) is 4.98 Å². The molecule has 0 spiro atoms. The Hall–Kier alpha value is -2.01. The van der Waals surface area contributed by atoms with E-state index in [4.69, 9.17) is 4.74 Å². The minimum absolute atomic E-state index is 0.0601. The molecule has 3 saturated carbocycles. The molecule has 0 aromatic carbocycles. The molecule has 0 saturated heterocycles. The van der Waals surface area contributed by atoms with Crippen molar-refractivity contribution < 1.29 is 37.1 Å². The summed E-state index contributed by atoms with van der Waals surface area (Å²) in [6.07, 6.45) is 0.0827. The van der Waals surface area contributed by atoms with Gasteiger partial charge in [-0.2, -0.15) is 0 Å². The number of allylic oxidation sites excluding steroid dienone is 1. The predicted molar refractivity (Wildman–Crippen MR) is 131 cm³/mol. The molecule has 4 aliphatic carbocycles. The lowest BCUT2D eigenvalue weighted by molar-refractivity contribution is -0.189. The van der Waals surface area contributed by atoms with Crippen molar-refractivity contribution in [3.05, 3.63) is 28.2 Å². The molecular weight excluding hydrogens is 527 g/mol. The average Bonchev–Trinajstić information content (AvgIpc) is 3.45. The van der Waals surface area contributed by atoms with E-state index in [-0.39, 0.29) is 36.1 Å². The minimum atomic E-state index is -2.14. The SMILES string of the molecule is CC1C[C@H]2[C@@H]3CC(F)C4=CC(=O)CC(=O)[C@]4(C)C3(F)CC[C@]2(C)C1(OC(=O)c1cncs1)C(=O)SCF. The van der Waals surface area contributed by atoms with E-state index in [9.17, 15) is 23.6 Å². The second-order valence-corrected chi connectivity index (χ2v) is 12.9. The first-order valence-electron chi connectivity index (χ1n) is 12.3. The first-order chi connectivity index (χ1) is 17.4. The number of carbonyl (C=O) groups is 4. The van der Waals surface area contributed by atoms with Gasteiger partial charge in [-0.15, -0.1) is 11.3 Å². The first-order valence-corrected chi connectivity index (χ1v) is 14.2. The number of thioether (sulfide) groups is 1. The zero-order valence-electron chi connectivity index (χ0n) is 20.7. The number of alkyl halides is 3. The van der Waals surface area contributed by atoms with Gasteiger partial charge in [-0.25, -0.2) is 18.0 Å². The molecule has 0 aliphatic heterocycles. The number of carbonyl (C=O) groups excluding carboxylic acids is 4. The highest BCUT2D eigenvalue weighted by Gasteiger charge is 2.77. The molecule has 0 N–H and O–H groups in total. The zero-order chi connectivity index (χ0) is 27.0. The number of fused-ring (bicyclic) bond motifs is 5. The van der Waals surface area contributed by atoms with Gasteiger partial charge in [-0.05, 0) is 61.9 Å². The molecule has 5 rings (SSSR count). The number of Topliss-reactive ketones (excluding diaryl/α,β-unsaturated/α-hetero) is 1. The molecule has 0 bridgehead atoms. The van der Waals surface area contributed by atoms with Gasteiger partial charge in [0.05, 0.1) is 23.5 Å². The third kappa shape index (κ3) is 3.34. The summed E-state index contributed by atoms with van der Waals surface area (Å²) in [6, 6.07) is -1.02. The van der Waals surface area contributed by atoms with E-state index in [1.54, 1.807) is 13.8 Å². The summed E-state index contributed by atoms with van der Waals surface area (Å²) in [4.78, 5) is 56.0. The van der Waals surface area contributed by atoms with E-state index in [1.807, 2.05) is 0 Å². The van der Waals surface area contributed by atoms with Gasteiger partial charge in [0.1, 0.15) is 22.7 Å². The van der Waals surface area contributed by atoms with Gasteiger partial charge in [0, 0.05) is 17.3 Å². The Morgan fingerprint density at radius 2 is 1.95 bits per heavy atom. The van der Waals surface area contributed by atoms with Crippen molar-refractivity contribution in [3.8, 4) is 0 Å². The number of halogens is 3. The summed E-state index contributed by atoms with van der Waals surface area (Å²) < 4.78 is 52.4. The van der Waals surface area contributed by atoms with Crippen LogP contribution in [-0.4, -0.2) is 51.1 Å². The number of hydrogen-bond acceptors (Lipinski definition) is 8. The van der Waals surface area contributed by atoms with E-state index in [0.29, 0.717) is 11.8 Å². The third-order valence-corrected chi connectivity index (χ3v) is 11.3. The van der Waals surface area contributed by atoms with Gasteiger partial charge >= 0.3 is 5.97 Å². The van der Waals surface area contributed by atoms with Crippen LogP contribution in [0.25, 0.3) is 0 Å². The van der Waals surface area contributed by atoms with Crippen LogP contribution in [0.3, 0.4) is 0 Å². The maximum absolute atomic E-state index is 17.3. The van der Waals surface area contributed by atoms with Crippen LogP contribution in [0.4, 0.5) is 13.2 Å².